The Bertz CT molecular complexity index is 290. The van der Waals surface area contributed by atoms with Gasteiger partial charge in [0.15, 0.2) is 0 Å². The van der Waals surface area contributed by atoms with Crippen LogP contribution in [-0.2, 0) is 0 Å². The third kappa shape index (κ3) is 3.35. The fourth-order valence-electron chi connectivity index (χ4n) is 1.28. The van der Waals surface area contributed by atoms with E-state index in [1.807, 2.05) is 18.2 Å². The lowest BCUT2D eigenvalue weighted by Gasteiger charge is -2.15. The number of nitrogens with one attached hydrogen (secondary N) is 1. The van der Waals surface area contributed by atoms with Gasteiger partial charge in [0, 0.05) is 29.9 Å². The number of rotatable bonds is 5. The second-order valence-electron chi connectivity index (χ2n) is 3.55. The first kappa shape index (κ1) is 11.7. The summed E-state index contributed by atoms with van der Waals surface area (Å²) in [6, 6.07) is 6.24. The molecule has 1 aromatic rings. The van der Waals surface area contributed by atoms with Gasteiger partial charge in [-0.1, -0.05) is 6.92 Å². The highest BCUT2D eigenvalue weighted by molar-refractivity contribution is 5.54. The lowest BCUT2D eigenvalue weighted by Crippen LogP contribution is -2.13. The average molecular weight is 209 g/mol. The maximum absolute atomic E-state index is 5.19. The molecule has 0 aromatic heterocycles. The summed E-state index contributed by atoms with van der Waals surface area (Å²) in [6.07, 6.45) is 1.08. The Morgan fingerprint density at radius 2 is 1.67 bits per heavy atom. The van der Waals surface area contributed by atoms with Crippen LogP contribution in [0, 0.1) is 0 Å². The van der Waals surface area contributed by atoms with E-state index in [1.165, 1.54) is 0 Å². The van der Waals surface area contributed by atoms with Crippen molar-refractivity contribution in [3.63, 3.8) is 0 Å². The summed E-state index contributed by atoms with van der Waals surface area (Å²) in [5.41, 5.74) is 1.03. The van der Waals surface area contributed by atoms with Crippen molar-refractivity contribution in [2.75, 3.05) is 19.5 Å². The summed E-state index contributed by atoms with van der Waals surface area (Å²) in [7, 11) is 3.31. The Morgan fingerprint density at radius 3 is 2.07 bits per heavy atom. The molecule has 0 aliphatic carbocycles. The maximum Gasteiger partial charge on any atom is 0.124 e. The van der Waals surface area contributed by atoms with Crippen molar-refractivity contribution < 1.29 is 9.47 Å². The quantitative estimate of drug-likeness (QED) is 0.808. The minimum absolute atomic E-state index is 0.446. The molecule has 1 unspecified atom stereocenters. The number of anilines is 1. The normalized spacial score (nSPS) is 12.0. The van der Waals surface area contributed by atoms with Crippen LogP contribution in [0.1, 0.15) is 20.3 Å². The molecule has 1 rings (SSSR count). The molecule has 0 aliphatic heterocycles. The van der Waals surface area contributed by atoms with Gasteiger partial charge in [0.05, 0.1) is 14.2 Å². The van der Waals surface area contributed by atoms with Crippen molar-refractivity contribution in [3.05, 3.63) is 18.2 Å². The molecule has 3 nitrogen and oxygen atoms in total. The van der Waals surface area contributed by atoms with Crippen LogP contribution in [0.15, 0.2) is 18.2 Å². The van der Waals surface area contributed by atoms with E-state index in [1.54, 1.807) is 14.2 Å². The van der Waals surface area contributed by atoms with Gasteiger partial charge in [-0.2, -0.15) is 0 Å². The van der Waals surface area contributed by atoms with Gasteiger partial charge < -0.3 is 14.8 Å². The van der Waals surface area contributed by atoms with Crippen molar-refractivity contribution in [3.8, 4) is 11.5 Å². The summed E-state index contributed by atoms with van der Waals surface area (Å²) in [5, 5.41) is 3.38. The first-order valence-corrected chi connectivity index (χ1v) is 5.19. The SMILES string of the molecule is CCC(C)Nc1cc(OC)cc(OC)c1. The molecule has 0 saturated heterocycles. The molecular formula is C12H19NO2. The zero-order chi connectivity index (χ0) is 11.3. The van der Waals surface area contributed by atoms with E-state index in [2.05, 4.69) is 19.2 Å². The predicted molar refractivity (Wildman–Crippen MR) is 62.9 cm³/mol. The monoisotopic (exact) mass is 209 g/mol. The molecule has 1 aromatic carbocycles. The molecule has 0 amide bonds. The van der Waals surface area contributed by atoms with Gasteiger partial charge in [-0.3, -0.25) is 0 Å². The summed E-state index contributed by atoms with van der Waals surface area (Å²) in [5.74, 6) is 1.61. The van der Waals surface area contributed by atoms with Crippen molar-refractivity contribution >= 4 is 5.69 Å². The number of hydrogen-bond donors (Lipinski definition) is 1. The number of hydrogen-bond acceptors (Lipinski definition) is 3. The van der Waals surface area contributed by atoms with Crippen molar-refractivity contribution in [2.24, 2.45) is 0 Å². The lowest BCUT2D eigenvalue weighted by atomic mass is 10.2. The zero-order valence-corrected chi connectivity index (χ0v) is 9.83. The van der Waals surface area contributed by atoms with Crippen molar-refractivity contribution in [1.29, 1.82) is 0 Å². The van der Waals surface area contributed by atoms with Crippen LogP contribution in [0.2, 0.25) is 0 Å². The molecule has 0 radical (unpaired) electrons. The highest BCUT2D eigenvalue weighted by Gasteiger charge is 2.03. The topological polar surface area (TPSA) is 30.5 Å². The zero-order valence-electron chi connectivity index (χ0n) is 9.83. The van der Waals surface area contributed by atoms with E-state index in [4.69, 9.17) is 9.47 Å². The Labute approximate surface area is 91.4 Å². The molecule has 3 heteroatoms. The van der Waals surface area contributed by atoms with E-state index in [0.29, 0.717) is 6.04 Å². The highest BCUT2D eigenvalue weighted by Crippen LogP contribution is 2.26. The minimum Gasteiger partial charge on any atom is -0.497 e. The summed E-state index contributed by atoms with van der Waals surface area (Å²) in [6.45, 7) is 4.29. The molecule has 0 heterocycles. The van der Waals surface area contributed by atoms with Crippen LogP contribution < -0.4 is 14.8 Å². The first-order chi connectivity index (χ1) is 7.19. The van der Waals surface area contributed by atoms with E-state index in [-0.39, 0.29) is 0 Å². The number of benzene rings is 1. The van der Waals surface area contributed by atoms with Crippen LogP contribution in [-0.4, -0.2) is 20.3 Å². The molecule has 84 valence electrons. The third-order valence-corrected chi connectivity index (χ3v) is 2.38. The van der Waals surface area contributed by atoms with Gasteiger partial charge in [-0.25, -0.2) is 0 Å². The highest BCUT2D eigenvalue weighted by atomic mass is 16.5. The van der Waals surface area contributed by atoms with Gasteiger partial charge in [0.25, 0.3) is 0 Å². The summed E-state index contributed by atoms with van der Waals surface area (Å²) < 4.78 is 10.4. The first-order valence-electron chi connectivity index (χ1n) is 5.19. The Kier molecular flexibility index (Phi) is 4.28. The molecule has 0 saturated carbocycles. The van der Waals surface area contributed by atoms with E-state index >= 15 is 0 Å². The fraction of sp³-hybridized carbons (Fsp3) is 0.500. The number of methoxy groups -OCH3 is 2. The van der Waals surface area contributed by atoms with Gasteiger partial charge in [-0.15, -0.1) is 0 Å². The predicted octanol–water partition coefficient (Wildman–Crippen LogP) is 2.91. The second-order valence-corrected chi connectivity index (χ2v) is 3.55. The average Bonchev–Trinajstić information content (AvgIpc) is 2.28. The van der Waals surface area contributed by atoms with Gasteiger partial charge in [0.2, 0.25) is 0 Å². The smallest absolute Gasteiger partial charge is 0.124 e. The molecule has 1 atom stereocenters. The molecule has 1 N–H and O–H groups in total. The van der Waals surface area contributed by atoms with Gasteiger partial charge >= 0.3 is 0 Å². The molecule has 0 fully saturated rings. The van der Waals surface area contributed by atoms with Crippen LogP contribution in [0.3, 0.4) is 0 Å². The summed E-state index contributed by atoms with van der Waals surface area (Å²) >= 11 is 0. The fourth-order valence-corrected chi connectivity index (χ4v) is 1.28. The van der Waals surface area contributed by atoms with E-state index in [0.717, 1.165) is 23.6 Å². The Balaban J connectivity index is 2.86. The summed E-state index contributed by atoms with van der Waals surface area (Å²) in [4.78, 5) is 0. The van der Waals surface area contributed by atoms with Crippen molar-refractivity contribution in [2.45, 2.75) is 26.3 Å². The maximum atomic E-state index is 5.19. The Hall–Kier alpha value is -1.38. The largest absolute Gasteiger partial charge is 0.497 e. The third-order valence-electron chi connectivity index (χ3n) is 2.38. The van der Waals surface area contributed by atoms with Gasteiger partial charge in [-0.05, 0) is 13.3 Å². The van der Waals surface area contributed by atoms with Crippen LogP contribution in [0.25, 0.3) is 0 Å². The molecule has 15 heavy (non-hydrogen) atoms. The minimum atomic E-state index is 0.446. The van der Waals surface area contributed by atoms with Crippen LogP contribution in [0.4, 0.5) is 5.69 Å². The molecule has 0 spiro atoms. The standard InChI is InChI=1S/C12H19NO2/c1-5-9(2)13-10-6-11(14-3)8-12(7-10)15-4/h6-9,13H,5H2,1-4H3. The van der Waals surface area contributed by atoms with Gasteiger partial charge in [0.1, 0.15) is 11.5 Å². The number of ether oxygens (including phenoxy) is 2. The van der Waals surface area contributed by atoms with Crippen LogP contribution in [0.5, 0.6) is 11.5 Å². The Morgan fingerprint density at radius 1 is 1.13 bits per heavy atom. The molecule has 0 bridgehead atoms. The molecule has 0 aliphatic rings. The molecular weight excluding hydrogens is 190 g/mol. The van der Waals surface area contributed by atoms with Crippen molar-refractivity contribution in [1.82, 2.24) is 0 Å². The van der Waals surface area contributed by atoms with E-state index in [9.17, 15) is 0 Å². The lowest BCUT2D eigenvalue weighted by molar-refractivity contribution is 0.394. The van der Waals surface area contributed by atoms with Crippen LogP contribution >= 0.6 is 0 Å². The second kappa shape index (κ2) is 5.49. The van der Waals surface area contributed by atoms with E-state index < -0.39 is 0 Å².